The molecule has 10 aromatic carbocycles. The van der Waals surface area contributed by atoms with Crippen LogP contribution in [-0.2, 0) is 0 Å². The van der Waals surface area contributed by atoms with E-state index in [9.17, 15) is 0 Å². The first kappa shape index (κ1) is 28.5. The van der Waals surface area contributed by atoms with Crippen molar-refractivity contribution < 1.29 is 0 Å². The molecule has 0 nitrogen and oxygen atoms in total. The molecular weight excluding hydrogens is 601 g/mol. The second-order valence-electron chi connectivity index (χ2n) is 13.2. The summed E-state index contributed by atoms with van der Waals surface area (Å²) in [6.45, 7) is 0. The topological polar surface area (TPSA) is 0 Å². The summed E-state index contributed by atoms with van der Waals surface area (Å²) in [6.07, 6.45) is 0. The molecule has 0 aliphatic heterocycles. The fourth-order valence-electron chi connectivity index (χ4n) is 8.15. The molecule has 0 atom stereocenters. The van der Waals surface area contributed by atoms with Crippen LogP contribution in [-0.4, -0.2) is 0 Å². The van der Waals surface area contributed by atoms with Crippen LogP contribution in [0.2, 0.25) is 0 Å². The lowest BCUT2D eigenvalue weighted by Gasteiger charge is -2.19. The van der Waals surface area contributed by atoms with Crippen LogP contribution in [0.1, 0.15) is 0 Å². The highest BCUT2D eigenvalue weighted by molar-refractivity contribution is 6.23. The van der Waals surface area contributed by atoms with Gasteiger partial charge in [-0.1, -0.05) is 182 Å². The molecule has 50 heavy (non-hydrogen) atoms. The zero-order chi connectivity index (χ0) is 33.0. The van der Waals surface area contributed by atoms with Crippen molar-refractivity contribution in [1.82, 2.24) is 0 Å². The third kappa shape index (κ3) is 4.54. The van der Waals surface area contributed by atoms with E-state index < -0.39 is 0 Å². The van der Waals surface area contributed by atoms with Crippen LogP contribution in [0.4, 0.5) is 0 Å². The molecule has 0 amide bonds. The Kier molecular flexibility index (Phi) is 6.60. The van der Waals surface area contributed by atoms with E-state index in [-0.39, 0.29) is 0 Å². The zero-order valence-corrected chi connectivity index (χ0v) is 27.5. The van der Waals surface area contributed by atoms with Gasteiger partial charge in [-0.3, -0.25) is 0 Å². The van der Waals surface area contributed by atoms with E-state index in [4.69, 9.17) is 0 Å². The van der Waals surface area contributed by atoms with Gasteiger partial charge in [0.1, 0.15) is 0 Å². The van der Waals surface area contributed by atoms with E-state index in [1.165, 1.54) is 98.4 Å². The molecule has 10 rings (SSSR count). The number of hydrogen-bond donors (Lipinski definition) is 0. The highest BCUT2D eigenvalue weighted by Gasteiger charge is 2.18. The van der Waals surface area contributed by atoms with Crippen LogP contribution >= 0.6 is 0 Å². The van der Waals surface area contributed by atoms with Crippen LogP contribution < -0.4 is 0 Å². The maximum absolute atomic E-state index is 2.35. The summed E-state index contributed by atoms with van der Waals surface area (Å²) in [5.41, 5.74) is 10.0. The lowest BCUT2D eigenvalue weighted by molar-refractivity contribution is 1.62. The zero-order valence-electron chi connectivity index (χ0n) is 27.5. The molecule has 0 unspecified atom stereocenters. The van der Waals surface area contributed by atoms with Crippen LogP contribution in [0, 0.1) is 0 Å². The molecular formula is C50H32. The summed E-state index contributed by atoms with van der Waals surface area (Å²) >= 11 is 0. The SMILES string of the molecule is c1ccc(-c2c3ccccc3c(-c3cccc4cc(-c5ccc(-c6cc7ccccc7c7ccccc67)cc5)ccc34)c3ccccc23)cc1. The standard InChI is InChI=1S/C50H32/c1-2-13-35(14-3-1)49-44-20-8-10-22-46(44)50(47-23-11-9-21-45(47)49)43-24-12-16-37-31-36(29-30-40(37)43)33-25-27-34(28-26-33)48-32-38-15-4-5-17-39(38)41-18-6-7-19-42(41)48/h1-32H. The van der Waals surface area contributed by atoms with Crippen molar-refractivity contribution >= 4 is 53.9 Å². The minimum absolute atomic E-state index is 1.22. The van der Waals surface area contributed by atoms with Crippen molar-refractivity contribution in [3.63, 3.8) is 0 Å². The number of rotatable bonds is 4. The quantitative estimate of drug-likeness (QED) is 0.134. The van der Waals surface area contributed by atoms with E-state index >= 15 is 0 Å². The summed E-state index contributed by atoms with van der Waals surface area (Å²) in [4.78, 5) is 0. The van der Waals surface area contributed by atoms with Crippen molar-refractivity contribution in [3.05, 3.63) is 194 Å². The van der Waals surface area contributed by atoms with Crippen LogP contribution in [0.3, 0.4) is 0 Å². The summed E-state index contributed by atoms with van der Waals surface area (Å²) < 4.78 is 0. The molecule has 232 valence electrons. The lowest BCUT2D eigenvalue weighted by atomic mass is 9.84. The fraction of sp³-hybridized carbons (Fsp3) is 0. The Morgan fingerprint density at radius 1 is 0.200 bits per heavy atom. The Morgan fingerprint density at radius 2 is 0.700 bits per heavy atom. The van der Waals surface area contributed by atoms with Gasteiger partial charge in [-0.2, -0.15) is 0 Å². The molecule has 10 aromatic rings. The van der Waals surface area contributed by atoms with Crippen molar-refractivity contribution in [1.29, 1.82) is 0 Å². The summed E-state index contributed by atoms with van der Waals surface area (Å²) in [5, 5.41) is 12.8. The first-order chi connectivity index (χ1) is 24.8. The van der Waals surface area contributed by atoms with E-state index in [2.05, 4.69) is 194 Å². The molecule has 0 bridgehead atoms. The smallest absolute Gasteiger partial charge is 0.00201 e. The number of hydrogen-bond acceptors (Lipinski definition) is 0. The van der Waals surface area contributed by atoms with Crippen LogP contribution in [0.25, 0.3) is 98.4 Å². The van der Waals surface area contributed by atoms with Gasteiger partial charge < -0.3 is 0 Å². The van der Waals surface area contributed by atoms with Crippen LogP contribution in [0.15, 0.2) is 194 Å². The number of fused-ring (bicyclic) bond motifs is 6. The Morgan fingerprint density at radius 3 is 1.40 bits per heavy atom. The average molecular weight is 633 g/mol. The van der Waals surface area contributed by atoms with Gasteiger partial charge in [0, 0.05) is 0 Å². The highest BCUT2D eigenvalue weighted by atomic mass is 14.2. The molecule has 0 saturated heterocycles. The minimum Gasteiger partial charge on any atom is -0.0622 e. The first-order valence-corrected chi connectivity index (χ1v) is 17.4. The fourth-order valence-corrected chi connectivity index (χ4v) is 8.15. The minimum atomic E-state index is 1.22. The number of benzene rings is 10. The average Bonchev–Trinajstić information content (AvgIpc) is 3.19. The van der Waals surface area contributed by atoms with Gasteiger partial charge in [-0.15, -0.1) is 0 Å². The summed E-state index contributed by atoms with van der Waals surface area (Å²) in [7, 11) is 0. The highest BCUT2D eigenvalue weighted by Crippen LogP contribution is 2.45. The normalized spacial score (nSPS) is 11.6. The van der Waals surface area contributed by atoms with Crippen molar-refractivity contribution in [3.8, 4) is 44.5 Å². The van der Waals surface area contributed by atoms with Crippen molar-refractivity contribution in [2.45, 2.75) is 0 Å². The molecule has 0 heteroatoms. The largest absolute Gasteiger partial charge is 0.0622 e. The molecule has 0 aliphatic carbocycles. The Hall–Kier alpha value is -6.50. The molecule has 0 spiro atoms. The van der Waals surface area contributed by atoms with Crippen molar-refractivity contribution in [2.24, 2.45) is 0 Å². The molecule has 0 fully saturated rings. The monoisotopic (exact) mass is 632 g/mol. The third-order valence-electron chi connectivity index (χ3n) is 10.4. The Labute approximate surface area is 291 Å². The molecule has 0 aliphatic rings. The predicted molar refractivity (Wildman–Crippen MR) is 216 cm³/mol. The van der Waals surface area contributed by atoms with E-state index in [0.717, 1.165) is 0 Å². The lowest BCUT2D eigenvalue weighted by Crippen LogP contribution is -1.91. The van der Waals surface area contributed by atoms with Gasteiger partial charge in [0.2, 0.25) is 0 Å². The predicted octanol–water partition coefficient (Wildman–Crippen LogP) is 14.1. The van der Waals surface area contributed by atoms with Crippen LogP contribution in [0.5, 0.6) is 0 Å². The summed E-state index contributed by atoms with van der Waals surface area (Å²) in [6, 6.07) is 71.2. The third-order valence-corrected chi connectivity index (χ3v) is 10.4. The van der Waals surface area contributed by atoms with Crippen molar-refractivity contribution in [2.75, 3.05) is 0 Å². The Balaban J connectivity index is 1.10. The second-order valence-corrected chi connectivity index (χ2v) is 13.2. The first-order valence-electron chi connectivity index (χ1n) is 17.4. The van der Waals surface area contributed by atoms with Gasteiger partial charge in [0.15, 0.2) is 0 Å². The van der Waals surface area contributed by atoms with E-state index in [1.54, 1.807) is 0 Å². The molecule has 0 radical (unpaired) electrons. The van der Waals surface area contributed by atoms with E-state index in [1.807, 2.05) is 0 Å². The molecule has 0 saturated carbocycles. The summed E-state index contributed by atoms with van der Waals surface area (Å²) in [5.74, 6) is 0. The van der Waals surface area contributed by atoms with Gasteiger partial charge in [0.25, 0.3) is 0 Å². The maximum Gasteiger partial charge on any atom is -0.00201 e. The molecule has 0 aromatic heterocycles. The molecule has 0 heterocycles. The van der Waals surface area contributed by atoms with E-state index in [0.29, 0.717) is 0 Å². The van der Waals surface area contributed by atoms with Gasteiger partial charge in [-0.05, 0) is 111 Å². The van der Waals surface area contributed by atoms with Gasteiger partial charge >= 0.3 is 0 Å². The second kappa shape index (κ2) is 11.6. The van der Waals surface area contributed by atoms with Gasteiger partial charge in [0.05, 0.1) is 0 Å². The Bertz CT molecular complexity index is 2840. The van der Waals surface area contributed by atoms with Gasteiger partial charge in [-0.25, -0.2) is 0 Å². The molecule has 0 N–H and O–H groups in total. The maximum atomic E-state index is 2.35.